The number of hydrogen-bond donors (Lipinski definition) is 2. The minimum absolute atomic E-state index is 0.560. The lowest BCUT2D eigenvalue weighted by atomic mass is 10.1. The molecule has 0 radical (unpaired) electrons. The molecule has 0 bridgehead atoms. The Kier molecular flexibility index (Phi) is 4.61. The molecule has 0 aromatic carbocycles. The number of anilines is 1. The van der Waals surface area contributed by atoms with E-state index in [0.29, 0.717) is 12.4 Å². The summed E-state index contributed by atoms with van der Waals surface area (Å²) in [5, 5.41) is 10.1. The largest absolute Gasteiger partial charge is 0.449 e. The van der Waals surface area contributed by atoms with Crippen molar-refractivity contribution in [3.8, 4) is 0 Å². The Hall–Kier alpha value is -2.81. The second-order valence-corrected chi connectivity index (χ2v) is 6.46. The Morgan fingerprint density at radius 3 is 2.85 bits per heavy atom. The van der Waals surface area contributed by atoms with E-state index in [0.717, 1.165) is 61.3 Å². The highest BCUT2D eigenvalue weighted by Gasteiger charge is 2.20. The number of aryl methyl sites for hydroxylation is 2. The normalized spacial score (nSPS) is 14.8. The molecular formula is C17H22N8O. The van der Waals surface area contributed by atoms with Crippen molar-refractivity contribution in [1.29, 1.82) is 0 Å². The monoisotopic (exact) mass is 354 g/mol. The third kappa shape index (κ3) is 3.72. The predicted molar refractivity (Wildman–Crippen MR) is 94.4 cm³/mol. The van der Waals surface area contributed by atoms with E-state index < -0.39 is 0 Å². The van der Waals surface area contributed by atoms with Gasteiger partial charge in [0.1, 0.15) is 30.1 Å². The van der Waals surface area contributed by atoms with Gasteiger partial charge in [0.05, 0.1) is 17.9 Å². The summed E-state index contributed by atoms with van der Waals surface area (Å²) >= 11 is 0. The van der Waals surface area contributed by atoms with E-state index in [1.54, 1.807) is 6.26 Å². The van der Waals surface area contributed by atoms with E-state index in [-0.39, 0.29) is 0 Å². The van der Waals surface area contributed by atoms with Crippen molar-refractivity contribution in [2.24, 2.45) is 0 Å². The third-order valence-electron chi connectivity index (χ3n) is 4.49. The van der Waals surface area contributed by atoms with Crippen LogP contribution in [0.15, 0.2) is 17.0 Å². The second kappa shape index (κ2) is 7.20. The zero-order valence-electron chi connectivity index (χ0n) is 15.0. The molecule has 0 aliphatic carbocycles. The molecule has 0 atom stereocenters. The third-order valence-corrected chi connectivity index (χ3v) is 4.49. The Bertz CT molecular complexity index is 873. The van der Waals surface area contributed by atoms with Crippen molar-refractivity contribution in [2.75, 3.05) is 18.4 Å². The van der Waals surface area contributed by atoms with Gasteiger partial charge in [-0.05, 0) is 13.3 Å². The average molecular weight is 354 g/mol. The smallest absolute Gasteiger partial charge is 0.191 e. The highest BCUT2D eigenvalue weighted by atomic mass is 16.3. The Morgan fingerprint density at radius 2 is 2.08 bits per heavy atom. The molecule has 136 valence electrons. The lowest BCUT2D eigenvalue weighted by molar-refractivity contribution is 0.275. The van der Waals surface area contributed by atoms with Crippen molar-refractivity contribution < 1.29 is 4.42 Å². The van der Waals surface area contributed by atoms with Gasteiger partial charge in [-0.2, -0.15) is 5.10 Å². The topological polar surface area (TPSA) is 109 Å². The molecule has 1 aliphatic heterocycles. The molecule has 1 aliphatic rings. The number of nitrogens with zero attached hydrogens (tertiary/aromatic N) is 6. The van der Waals surface area contributed by atoms with Crippen LogP contribution in [-0.2, 0) is 25.9 Å². The molecule has 0 amide bonds. The summed E-state index contributed by atoms with van der Waals surface area (Å²) in [6, 6.07) is 0. The summed E-state index contributed by atoms with van der Waals surface area (Å²) in [6.07, 6.45) is 5.03. The van der Waals surface area contributed by atoms with Crippen molar-refractivity contribution >= 4 is 5.82 Å². The summed E-state index contributed by atoms with van der Waals surface area (Å²) in [4.78, 5) is 20.2. The van der Waals surface area contributed by atoms with Gasteiger partial charge in [0, 0.05) is 38.5 Å². The van der Waals surface area contributed by atoms with Crippen LogP contribution in [0.1, 0.15) is 34.5 Å². The van der Waals surface area contributed by atoms with Crippen LogP contribution in [0.4, 0.5) is 5.82 Å². The number of H-pyrrole nitrogens is 1. The molecule has 9 nitrogen and oxygen atoms in total. The molecule has 4 heterocycles. The zero-order valence-corrected chi connectivity index (χ0v) is 15.0. The molecule has 4 rings (SSSR count). The quantitative estimate of drug-likeness (QED) is 0.708. The second-order valence-electron chi connectivity index (χ2n) is 6.46. The Labute approximate surface area is 151 Å². The standard InChI is InChI=1S/C17H22N8O/c1-11-21-15-4-6-25(8-13-9-26-12(2)23-13)5-3-14(15)17(22-11)18-7-16-19-10-20-24-16/h9-10H,3-8H2,1-2H3,(H,18,21,22)(H,19,20,24). The maximum atomic E-state index is 5.32. The van der Waals surface area contributed by atoms with Crippen LogP contribution in [0.2, 0.25) is 0 Å². The first kappa shape index (κ1) is 16.6. The summed E-state index contributed by atoms with van der Waals surface area (Å²) < 4.78 is 5.32. The van der Waals surface area contributed by atoms with Gasteiger partial charge in [-0.25, -0.2) is 19.9 Å². The van der Waals surface area contributed by atoms with Crippen LogP contribution >= 0.6 is 0 Å². The van der Waals surface area contributed by atoms with E-state index >= 15 is 0 Å². The van der Waals surface area contributed by atoms with Crippen LogP contribution < -0.4 is 5.32 Å². The Morgan fingerprint density at radius 1 is 1.19 bits per heavy atom. The maximum absolute atomic E-state index is 5.32. The number of oxazole rings is 1. The molecular weight excluding hydrogens is 332 g/mol. The molecule has 9 heteroatoms. The molecule has 0 saturated heterocycles. The summed E-state index contributed by atoms with van der Waals surface area (Å²) in [7, 11) is 0. The number of fused-ring (bicyclic) bond motifs is 1. The molecule has 2 N–H and O–H groups in total. The fourth-order valence-electron chi connectivity index (χ4n) is 3.27. The number of aromatic nitrogens is 6. The van der Waals surface area contributed by atoms with Crippen molar-refractivity contribution in [1.82, 2.24) is 35.0 Å². The van der Waals surface area contributed by atoms with E-state index in [1.165, 1.54) is 11.9 Å². The molecule has 0 spiro atoms. The highest BCUT2D eigenvalue weighted by Crippen LogP contribution is 2.22. The first-order valence-electron chi connectivity index (χ1n) is 8.75. The fraction of sp³-hybridized carbons (Fsp3) is 0.471. The minimum Gasteiger partial charge on any atom is -0.449 e. The maximum Gasteiger partial charge on any atom is 0.191 e. The van der Waals surface area contributed by atoms with Gasteiger partial charge in [-0.3, -0.25) is 10.00 Å². The van der Waals surface area contributed by atoms with Gasteiger partial charge in [0.2, 0.25) is 0 Å². The van der Waals surface area contributed by atoms with Crippen molar-refractivity contribution in [3.63, 3.8) is 0 Å². The van der Waals surface area contributed by atoms with Gasteiger partial charge in [-0.15, -0.1) is 0 Å². The molecule has 3 aromatic heterocycles. The number of rotatable bonds is 5. The molecule has 0 fully saturated rings. The first-order valence-corrected chi connectivity index (χ1v) is 8.75. The number of hydrogen-bond acceptors (Lipinski definition) is 8. The highest BCUT2D eigenvalue weighted by molar-refractivity contribution is 5.47. The molecule has 3 aromatic rings. The minimum atomic E-state index is 0.560. The SMILES string of the molecule is Cc1nc2c(c(NCc3ncn[nH]3)n1)CCN(Cc1coc(C)n1)CC2. The molecule has 0 saturated carbocycles. The van der Waals surface area contributed by atoms with Gasteiger partial charge < -0.3 is 9.73 Å². The van der Waals surface area contributed by atoms with Crippen LogP contribution in [0.3, 0.4) is 0 Å². The van der Waals surface area contributed by atoms with E-state index in [9.17, 15) is 0 Å². The fourth-order valence-corrected chi connectivity index (χ4v) is 3.27. The van der Waals surface area contributed by atoms with Crippen LogP contribution in [-0.4, -0.2) is 48.1 Å². The lowest BCUT2D eigenvalue weighted by Crippen LogP contribution is -2.26. The van der Waals surface area contributed by atoms with Crippen LogP contribution in [0.25, 0.3) is 0 Å². The Balaban J connectivity index is 1.48. The van der Waals surface area contributed by atoms with Crippen LogP contribution in [0, 0.1) is 13.8 Å². The average Bonchev–Trinajstić information content (AvgIpc) is 3.23. The molecule has 0 unspecified atom stereocenters. The number of aromatic amines is 1. The zero-order chi connectivity index (χ0) is 17.9. The number of nitrogens with one attached hydrogen (secondary N) is 2. The van der Waals surface area contributed by atoms with E-state index in [2.05, 4.69) is 40.3 Å². The summed E-state index contributed by atoms with van der Waals surface area (Å²) in [6.45, 7) is 7.02. The molecule has 26 heavy (non-hydrogen) atoms. The van der Waals surface area contributed by atoms with Crippen molar-refractivity contribution in [3.05, 3.63) is 47.1 Å². The summed E-state index contributed by atoms with van der Waals surface area (Å²) in [5.74, 6) is 3.16. The van der Waals surface area contributed by atoms with Crippen molar-refractivity contribution in [2.45, 2.75) is 39.8 Å². The van der Waals surface area contributed by atoms with Gasteiger partial charge in [0.25, 0.3) is 0 Å². The van der Waals surface area contributed by atoms with Gasteiger partial charge in [0.15, 0.2) is 5.89 Å². The predicted octanol–water partition coefficient (Wildman–Crippen LogP) is 1.41. The van der Waals surface area contributed by atoms with E-state index in [1.807, 2.05) is 13.8 Å². The first-order chi connectivity index (χ1) is 12.7. The van der Waals surface area contributed by atoms with Gasteiger partial charge >= 0.3 is 0 Å². The van der Waals surface area contributed by atoms with Crippen LogP contribution in [0.5, 0.6) is 0 Å². The van der Waals surface area contributed by atoms with Gasteiger partial charge in [-0.1, -0.05) is 0 Å². The lowest BCUT2D eigenvalue weighted by Gasteiger charge is -2.17. The summed E-state index contributed by atoms with van der Waals surface area (Å²) in [5.41, 5.74) is 3.28. The van der Waals surface area contributed by atoms with E-state index in [4.69, 9.17) is 4.42 Å².